The maximum atomic E-state index is 12.4. The fourth-order valence-corrected chi connectivity index (χ4v) is 5.27. The summed E-state index contributed by atoms with van der Waals surface area (Å²) in [5, 5.41) is 11.1. The summed E-state index contributed by atoms with van der Waals surface area (Å²) < 4.78 is 0. The predicted octanol–water partition coefficient (Wildman–Crippen LogP) is 4.16. The molecule has 1 aliphatic heterocycles. The van der Waals surface area contributed by atoms with Gasteiger partial charge in [-0.05, 0) is 24.3 Å². The Morgan fingerprint density at radius 1 is 1.17 bits per heavy atom. The number of hydrogen-bond acceptors (Lipinski definition) is 5. The largest absolute Gasteiger partial charge is 0.350 e. The third-order valence-electron chi connectivity index (χ3n) is 5.22. The van der Waals surface area contributed by atoms with Crippen molar-refractivity contribution in [1.29, 1.82) is 0 Å². The molecule has 150 valence electrons. The van der Waals surface area contributed by atoms with Crippen LogP contribution in [0.1, 0.15) is 35.6 Å². The molecule has 1 aliphatic rings. The van der Waals surface area contributed by atoms with Crippen LogP contribution in [0, 0.1) is 0 Å². The van der Waals surface area contributed by atoms with Crippen LogP contribution in [0.5, 0.6) is 0 Å². The van der Waals surface area contributed by atoms with Gasteiger partial charge in [-0.25, -0.2) is 4.98 Å². The predicted molar refractivity (Wildman–Crippen MR) is 117 cm³/mol. The summed E-state index contributed by atoms with van der Waals surface area (Å²) in [6.07, 6.45) is 3.15. The van der Waals surface area contributed by atoms with Crippen molar-refractivity contribution in [2.24, 2.45) is 0 Å². The Kier molecular flexibility index (Phi) is 6.06. The lowest BCUT2D eigenvalue weighted by Gasteiger charge is -2.28. The zero-order valence-electron chi connectivity index (χ0n) is 16.0. The number of amides is 2. The van der Waals surface area contributed by atoms with E-state index in [1.165, 1.54) is 4.88 Å². The topological polar surface area (TPSA) is 71.1 Å². The van der Waals surface area contributed by atoms with Gasteiger partial charge in [-0.15, -0.1) is 22.7 Å². The maximum absolute atomic E-state index is 12.4. The minimum absolute atomic E-state index is 0.00633. The highest BCUT2D eigenvalue weighted by Crippen LogP contribution is 2.31. The lowest BCUT2D eigenvalue weighted by atomic mass is 9.87. The molecule has 0 bridgehead atoms. The molecule has 5 nitrogen and oxygen atoms in total. The lowest BCUT2D eigenvalue weighted by Crippen LogP contribution is -2.44. The van der Waals surface area contributed by atoms with Gasteiger partial charge in [-0.2, -0.15) is 0 Å². The molecule has 0 saturated carbocycles. The number of carbonyl (C=O) groups excluding carboxylic acids is 2. The second-order valence-electron chi connectivity index (χ2n) is 7.35. The molecule has 1 fully saturated rings. The minimum atomic E-state index is -0.305. The van der Waals surface area contributed by atoms with Gasteiger partial charge in [0, 0.05) is 40.6 Å². The highest BCUT2D eigenvalue weighted by molar-refractivity contribution is 7.10. The molecule has 3 aromatic rings. The van der Waals surface area contributed by atoms with Gasteiger partial charge in [0.05, 0.1) is 12.2 Å². The third kappa shape index (κ3) is 5.10. The molecule has 1 saturated heterocycles. The number of thiophene rings is 1. The number of thiazole rings is 1. The number of rotatable bonds is 8. The van der Waals surface area contributed by atoms with E-state index < -0.39 is 0 Å². The number of aromatic nitrogens is 1. The van der Waals surface area contributed by atoms with Gasteiger partial charge < -0.3 is 10.6 Å². The molecule has 2 aromatic heterocycles. The summed E-state index contributed by atoms with van der Waals surface area (Å²) in [6, 6.07) is 14.1. The van der Waals surface area contributed by atoms with Crippen molar-refractivity contribution in [3.05, 3.63) is 63.1 Å². The molecule has 1 aromatic carbocycles. The first-order chi connectivity index (χ1) is 14.1. The van der Waals surface area contributed by atoms with Crippen LogP contribution in [0.3, 0.4) is 0 Å². The zero-order chi connectivity index (χ0) is 20.1. The highest BCUT2D eigenvalue weighted by Gasteiger charge is 2.38. The average molecular weight is 426 g/mol. The normalized spacial score (nSPS) is 18.6. The van der Waals surface area contributed by atoms with Crippen molar-refractivity contribution in [1.82, 2.24) is 15.6 Å². The first kappa shape index (κ1) is 19.8. The molecular formula is C22H23N3O2S2. The van der Waals surface area contributed by atoms with E-state index in [1.54, 1.807) is 22.7 Å². The Morgan fingerprint density at radius 3 is 2.76 bits per heavy atom. The molecule has 0 spiro atoms. The molecule has 0 aliphatic carbocycles. The molecule has 4 rings (SSSR count). The molecule has 29 heavy (non-hydrogen) atoms. The monoisotopic (exact) mass is 425 g/mol. The number of nitrogens with one attached hydrogen (secondary N) is 2. The number of hydrogen-bond donors (Lipinski definition) is 2. The van der Waals surface area contributed by atoms with Crippen LogP contribution in [0.15, 0.2) is 53.2 Å². The Bertz CT molecular complexity index is 969. The molecule has 1 atom stereocenters. The zero-order valence-corrected chi connectivity index (χ0v) is 17.7. The van der Waals surface area contributed by atoms with Crippen LogP contribution < -0.4 is 10.6 Å². The van der Waals surface area contributed by atoms with Gasteiger partial charge >= 0.3 is 0 Å². The van der Waals surface area contributed by atoms with Crippen LogP contribution in [-0.4, -0.2) is 22.3 Å². The van der Waals surface area contributed by atoms with E-state index in [4.69, 9.17) is 0 Å². The molecule has 1 unspecified atom stereocenters. The quantitative estimate of drug-likeness (QED) is 0.569. The smallest absolute Gasteiger partial charge is 0.220 e. The van der Waals surface area contributed by atoms with Crippen molar-refractivity contribution >= 4 is 34.5 Å². The summed E-state index contributed by atoms with van der Waals surface area (Å²) in [7, 11) is 0. The summed E-state index contributed by atoms with van der Waals surface area (Å²) >= 11 is 3.24. The molecule has 2 N–H and O–H groups in total. The summed E-state index contributed by atoms with van der Waals surface area (Å²) in [5.74, 6) is 0.0753. The third-order valence-corrected chi connectivity index (χ3v) is 6.94. The van der Waals surface area contributed by atoms with Gasteiger partial charge in [0.1, 0.15) is 5.01 Å². The fourth-order valence-electron chi connectivity index (χ4n) is 3.68. The Morgan fingerprint density at radius 2 is 2.03 bits per heavy atom. The van der Waals surface area contributed by atoms with Crippen molar-refractivity contribution in [3.63, 3.8) is 0 Å². The SMILES string of the molecule is O=C(CCC1(Cc2cccs2)CCC(=O)N1)NCc1nc(-c2ccccc2)cs1. The molecular weight excluding hydrogens is 402 g/mol. The average Bonchev–Trinajstić information content (AvgIpc) is 3.48. The van der Waals surface area contributed by atoms with E-state index in [-0.39, 0.29) is 17.4 Å². The molecule has 2 amide bonds. The Balaban J connectivity index is 1.30. The first-order valence-electron chi connectivity index (χ1n) is 9.72. The van der Waals surface area contributed by atoms with Gasteiger partial charge in [-0.1, -0.05) is 36.4 Å². The van der Waals surface area contributed by atoms with Gasteiger partial charge in [0.15, 0.2) is 0 Å². The Hall–Kier alpha value is -2.51. The fraction of sp³-hybridized carbons (Fsp3) is 0.318. The Labute approximate surface area is 178 Å². The van der Waals surface area contributed by atoms with Gasteiger partial charge in [0.2, 0.25) is 11.8 Å². The standard InChI is InChI=1S/C22H23N3O2S2/c26-19(23-14-21-24-18(15-29-21)16-5-2-1-3-6-16)8-10-22(11-9-20(27)25-22)13-17-7-4-12-28-17/h1-7,12,15H,8-11,13-14H2,(H,23,26)(H,25,27). The molecule has 3 heterocycles. The summed E-state index contributed by atoms with van der Waals surface area (Å²) in [5.41, 5.74) is 1.71. The van der Waals surface area contributed by atoms with E-state index >= 15 is 0 Å². The van der Waals surface area contributed by atoms with Crippen LogP contribution >= 0.6 is 22.7 Å². The second-order valence-corrected chi connectivity index (χ2v) is 9.33. The summed E-state index contributed by atoms with van der Waals surface area (Å²) in [6.45, 7) is 0.431. The first-order valence-corrected chi connectivity index (χ1v) is 11.5. The van der Waals surface area contributed by atoms with Crippen molar-refractivity contribution in [2.75, 3.05) is 0 Å². The van der Waals surface area contributed by atoms with Crippen LogP contribution in [-0.2, 0) is 22.6 Å². The van der Waals surface area contributed by atoms with Gasteiger partial charge in [-0.3, -0.25) is 9.59 Å². The van der Waals surface area contributed by atoms with Crippen LogP contribution in [0.4, 0.5) is 0 Å². The summed E-state index contributed by atoms with van der Waals surface area (Å²) in [4.78, 5) is 30.1. The van der Waals surface area contributed by atoms with Crippen molar-refractivity contribution < 1.29 is 9.59 Å². The van der Waals surface area contributed by atoms with E-state index in [1.807, 2.05) is 47.2 Å². The molecule has 0 radical (unpaired) electrons. The van der Waals surface area contributed by atoms with Crippen LogP contribution in [0.2, 0.25) is 0 Å². The maximum Gasteiger partial charge on any atom is 0.220 e. The van der Waals surface area contributed by atoms with E-state index in [9.17, 15) is 9.59 Å². The number of carbonyl (C=O) groups is 2. The molecule has 7 heteroatoms. The van der Waals surface area contributed by atoms with Crippen LogP contribution in [0.25, 0.3) is 11.3 Å². The second kappa shape index (κ2) is 8.88. The van der Waals surface area contributed by atoms with Crippen molar-refractivity contribution in [2.45, 2.75) is 44.2 Å². The van der Waals surface area contributed by atoms with Crippen molar-refractivity contribution in [3.8, 4) is 11.3 Å². The van der Waals surface area contributed by atoms with Gasteiger partial charge in [0.25, 0.3) is 0 Å². The van der Waals surface area contributed by atoms with E-state index in [0.29, 0.717) is 25.8 Å². The minimum Gasteiger partial charge on any atom is -0.350 e. The van der Waals surface area contributed by atoms with E-state index in [2.05, 4.69) is 21.7 Å². The van der Waals surface area contributed by atoms with E-state index in [0.717, 1.165) is 29.1 Å². The lowest BCUT2D eigenvalue weighted by molar-refractivity contribution is -0.122. The number of nitrogens with zero attached hydrogens (tertiary/aromatic N) is 1. The number of benzene rings is 1. The highest BCUT2D eigenvalue weighted by atomic mass is 32.1.